The number of carbonyl (C=O) groups excluding carboxylic acids is 1. The second kappa shape index (κ2) is 7.83. The molecule has 0 aliphatic rings. The van der Waals surface area contributed by atoms with Gasteiger partial charge in [0.05, 0.1) is 5.69 Å². The van der Waals surface area contributed by atoms with Crippen molar-refractivity contribution in [3.63, 3.8) is 0 Å². The predicted octanol–water partition coefficient (Wildman–Crippen LogP) is 4.97. The van der Waals surface area contributed by atoms with Crippen LogP contribution in [0.25, 0.3) is 0 Å². The molecule has 0 heterocycles. The number of nitrogens with two attached hydrogens (primary N) is 2. The molecule has 4 nitrogen and oxygen atoms in total. The Morgan fingerprint density at radius 3 is 2.30 bits per heavy atom. The number of rotatable bonds is 3. The third kappa shape index (κ3) is 4.13. The van der Waals surface area contributed by atoms with Crippen LogP contribution in [0.4, 0.5) is 15.8 Å². The fourth-order valence-electron chi connectivity index (χ4n) is 2.07. The molecule has 23 heavy (non-hydrogen) atoms. The third-order valence-electron chi connectivity index (χ3n) is 3.05. The molecule has 0 amide bonds. The van der Waals surface area contributed by atoms with E-state index in [4.69, 9.17) is 27.8 Å². The van der Waals surface area contributed by atoms with Gasteiger partial charge >= 0.3 is 0 Å². The Morgan fingerprint density at radius 1 is 1.13 bits per heavy atom. The Morgan fingerprint density at radius 2 is 1.74 bits per heavy atom. The van der Waals surface area contributed by atoms with Gasteiger partial charge in [-0.15, -0.1) is 0 Å². The van der Waals surface area contributed by atoms with E-state index in [-0.39, 0.29) is 22.2 Å². The van der Waals surface area contributed by atoms with Gasteiger partial charge in [-0.1, -0.05) is 25.4 Å². The average molecular weight is 339 g/mol. The summed E-state index contributed by atoms with van der Waals surface area (Å²) in [5.74, 6) is -0.695. The van der Waals surface area contributed by atoms with Crippen molar-refractivity contribution in [2.45, 2.75) is 27.7 Å². The van der Waals surface area contributed by atoms with Gasteiger partial charge in [0, 0.05) is 27.9 Å². The van der Waals surface area contributed by atoms with Gasteiger partial charge in [0.2, 0.25) is 0 Å². The van der Waals surface area contributed by atoms with Gasteiger partial charge in [0.25, 0.3) is 0 Å². The van der Waals surface area contributed by atoms with Crippen LogP contribution in [-0.2, 0) is 0 Å². The highest BCUT2D eigenvalue weighted by atomic mass is 35.5. The highest BCUT2D eigenvalue weighted by Crippen LogP contribution is 2.35. The van der Waals surface area contributed by atoms with E-state index in [0.717, 1.165) is 0 Å². The molecule has 0 atom stereocenters. The monoisotopic (exact) mass is 338 g/mol. The number of ketones is 1. The van der Waals surface area contributed by atoms with Crippen LogP contribution in [0, 0.1) is 12.7 Å². The lowest BCUT2D eigenvalue weighted by atomic mass is 10.0. The summed E-state index contributed by atoms with van der Waals surface area (Å²) in [6.07, 6.45) is 0. The van der Waals surface area contributed by atoms with E-state index >= 15 is 0 Å². The molecular weight excluding hydrogens is 319 g/mol. The fraction of sp³-hybridized carbons (Fsp3) is 0.235. The molecule has 0 aromatic heterocycles. The number of ether oxygens (including phenoxy) is 1. The van der Waals surface area contributed by atoms with Crippen molar-refractivity contribution in [3.05, 3.63) is 46.2 Å². The van der Waals surface area contributed by atoms with Crippen molar-refractivity contribution in [3.8, 4) is 11.5 Å². The summed E-state index contributed by atoms with van der Waals surface area (Å²) in [7, 11) is 0. The molecule has 0 saturated carbocycles. The minimum atomic E-state index is -0.708. The number of halogens is 2. The van der Waals surface area contributed by atoms with Crippen molar-refractivity contribution in [1.29, 1.82) is 0 Å². The average Bonchev–Trinajstić information content (AvgIpc) is 2.49. The summed E-state index contributed by atoms with van der Waals surface area (Å²) in [5.41, 5.74) is 12.4. The lowest BCUT2D eigenvalue weighted by Gasteiger charge is -2.14. The fourth-order valence-corrected chi connectivity index (χ4v) is 2.29. The van der Waals surface area contributed by atoms with E-state index in [1.807, 2.05) is 13.8 Å². The number of hydrogen-bond donors (Lipinski definition) is 2. The Kier molecular flexibility index (Phi) is 6.39. The quantitative estimate of drug-likeness (QED) is 0.611. The maximum atomic E-state index is 13.9. The first-order valence-corrected chi connectivity index (χ1v) is 7.51. The smallest absolute Gasteiger partial charge is 0.188 e. The summed E-state index contributed by atoms with van der Waals surface area (Å²) in [6, 6.07) is 5.70. The standard InChI is InChI=1S/C15H14ClFN2O2.C2H6/c1-7-12(4-3-10(18)14(7)8(2)20)21-13-6-9(16)5-11(19)15(13)17;1-2/h3-6H,18-19H2,1-2H3;1-2H3. The molecule has 124 valence electrons. The van der Waals surface area contributed by atoms with Crippen LogP contribution in [-0.4, -0.2) is 5.78 Å². The molecule has 0 spiro atoms. The van der Waals surface area contributed by atoms with Gasteiger partial charge in [-0.3, -0.25) is 4.79 Å². The van der Waals surface area contributed by atoms with Gasteiger partial charge in [0.1, 0.15) is 5.75 Å². The van der Waals surface area contributed by atoms with Crippen LogP contribution in [0.1, 0.15) is 36.7 Å². The van der Waals surface area contributed by atoms with Crippen molar-refractivity contribution >= 4 is 28.8 Å². The summed E-state index contributed by atoms with van der Waals surface area (Å²) in [4.78, 5) is 11.6. The summed E-state index contributed by atoms with van der Waals surface area (Å²) in [6.45, 7) is 7.08. The van der Waals surface area contributed by atoms with Gasteiger partial charge < -0.3 is 16.2 Å². The number of Topliss-reactive ketones (excluding diaryl/α,β-unsaturated/α-hetero) is 1. The number of nitrogen functional groups attached to an aromatic ring is 2. The Bertz CT molecular complexity index is 733. The lowest BCUT2D eigenvalue weighted by molar-refractivity contribution is 0.101. The van der Waals surface area contributed by atoms with Gasteiger partial charge in [-0.05, 0) is 32.0 Å². The molecule has 0 bridgehead atoms. The van der Waals surface area contributed by atoms with Crippen molar-refractivity contribution in [1.82, 2.24) is 0 Å². The van der Waals surface area contributed by atoms with E-state index in [1.54, 1.807) is 13.0 Å². The van der Waals surface area contributed by atoms with E-state index in [9.17, 15) is 9.18 Å². The van der Waals surface area contributed by atoms with Crippen LogP contribution in [0.3, 0.4) is 0 Å². The van der Waals surface area contributed by atoms with Gasteiger partial charge in [0.15, 0.2) is 17.3 Å². The summed E-state index contributed by atoms with van der Waals surface area (Å²) in [5, 5.41) is 0.254. The van der Waals surface area contributed by atoms with E-state index in [0.29, 0.717) is 22.6 Å². The maximum absolute atomic E-state index is 13.9. The molecule has 0 unspecified atom stereocenters. The predicted molar refractivity (Wildman–Crippen MR) is 92.8 cm³/mol. The van der Waals surface area contributed by atoms with Crippen molar-refractivity contribution in [2.75, 3.05) is 11.5 Å². The van der Waals surface area contributed by atoms with Crippen molar-refractivity contribution in [2.24, 2.45) is 0 Å². The van der Waals surface area contributed by atoms with Gasteiger partial charge in [-0.25, -0.2) is 4.39 Å². The first kappa shape index (κ1) is 18.8. The summed E-state index contributed by atoms with van der Waals surface area (Å²) >= 11 is 5.83. The van der Waals surface area contributed by atoms with Crippen LogP contribution in [0.15, 0.2) is 24.3 Å². The SMILES string of the molecule is CC.CC(=O)c1c(N)ccc(Oc2cc(Cl)cc(N)c2F)c1C. The largest absolute Gasteiger partial charge is 0.454 e. The topological polar surface area (TPSA) is 78.3 Å². The molecule has 0 fully saturated rings. The number of hydrogen-bond acceptors (Lipinski definition) is 4. The Hall–Kier alpha value is -2.27. The molecule has 6 heteroatoms. The highest BCUT2D eigenvalue weighted by molar-refractivity contribution is 6.31. The molecule has 0 aliphatic heterocycles. The van der Waals surface area contributed by atoms with Crippen LogP contribution >= 0.6 is 11.6 Å². The number of carbonyl (C=O) groups is 1. The third-order valence-corrected chi connectivity index (χ3v) is 3.27. The van der Waals surface area contributed by atoms with Crippen LogP contribution < -0.4 is 16.2 Å². The van der Waals surface area contributed by atoms with Crippen molar-refractivity contribution < 1.29 is 13.9 Å². The Labute approximate surface area is 140 Å². The highest BCUT2D eigenvalue weighted by Gasteiger charge is 2.16. The minimum Gasteiger partial charge on any atom is -0.454 e. The zero-order chi connectivity index (χ0) is 17.7. The number of anilines is 2. The minimum absolute atomic E-state index is 0.109. The molecule has 0 saturated heterocycles. The zero-order valence-corrected chi connectivity index (χ0v) is 14.3. The molecule has 2 aromatic carbocycles. The second-order valence-electron chi connectivity index (χ2n) is 4.62. The van der Waals surface area contributed by atoms with Gasteiger partial charge in [-0.2, -0.15) is 0 Å². The Balaban J connectivity index is 0.00000127. The normalized spacial score (nSPS) is 9.83. The first-order chi connectivity index (χ1) is 10.8. The molecule has 2 rings (SSSR count). The maximum Gasteiger partial charge on any atom is 0.188 e. The van der Waals surface area contributed by atoms with E-state index < -0.39 is 5.82 Å². The molecular formula is C17H20ClFN2O2. The van der Waals surface area contributed by atoms with Crippen LogP contribution in [0.2, 0.25) is 5.02 Å². The van der Waals surface area contributed by atoms with Crippen LogP contribution in [0.5, 0.6) is 11.5 Å². The summed E-state index contributed by atoms with van der Waals surface area (Å²) < 4.78 is 19.4. The molecule has 4 N–H and O–H groups in total. The first-order valence-electron chi connectivity index (χ1n) is 7.13. The zero-order valence-electron chi connectivity index (χ0n) is 13.5. The van der Waals surface area contributed by atoms with E-state index in [1.165, 1.54) is 25.1 Å². The lowest BCUT2D eigenvalue weighted by Crippen LogP contribution is -2.04. The molecule has 0 aliphatic carbocycles. The van der Waals surface area contributed by atoms with E-state index in [2.05, 4.69) is 0 Å². The molecule has 2 aromatic rings. The second-order valence-corrected chi connectivity index (χ2v) is 5.05. The number of benzene rings is 2. The molecule has 0 radical (unpaired) electrons.